The Kier molecular flexibility index (Phi) is 4.74. The highest BCUT2D eigenvalue weighted by molar-refractivity contribution is 7.88. The number of amides is 1. The highest BCUT2D eigenvalue weighted by atomic mass is 32.2. The lowest BCUT2D eigenvalue weighted by molar-refractivity contribution is 0.0953. The molecule has 0 saturated carbocycles. The molecule has 0 fully saturated rings. The van der Waals surface area contributed by atoms with Gasteiger partial charge in [0.1, 0.15) is 0 Å². The van der Waals surface area contributed by atoms with Gasteiger partial charge in [0.25, 0.3) is 5.91 Å². The van der Waals surface area contributed by atoms with Crippen molar-refractivity contribution >= 4 is 15.9 Å². The molecule has 1 aromatic carbocycles. The highest BCUT2D eigenvalue weighted by Crippen LogP contribution is 2.16. The van der Waals surface area contributed by atoms with Crippen LogP contribution in [0.15, 0.2) is 18.2 Å². The number of nitrogens with one attached hydrogen (secondary N) is 3. The lowest BCUT2D eigenvalue weighted by Crippen LogP contribution is -2.29. The molecule has 1 aliphatic heterocycles. The molecule has 2 rings (SSSR count). The second-order valence-electron chi connectivity index (χ2n) is 4.86. The van der Waals surface area contributed by atoms with Crippen LogP contribution in [0.4, 0.5) is 0 Å². The van der Waals surface area contributed by atoms with E-state index in [9.17, 15) is 13.2 Å². The maximum Gasteiger partial charge on any atom is 0.251 e. The van der Waals surface area contributed by atoms with Crippen LogP contribution in [0, 0.1) is 0 Å². The summed E-state index contributed by atoms with van der Waals surface area (Å²) in [7, 11) is -3.15. The minimum atomic E-state index is -3.15. The normalized spacial score (nSPS) is 14.1. The Bertz CT molecular complexity index is 599. The first kappa shape index (κ1) is 15.0. The van der Waals surface area contributed by atoms with Gasteiger partial charge >= 0.3 is 0 Å². The molecule has 7 heteroatoms. The molecule has 0 atom stereocenters. The van der Waals surface area contributed by atoms with Gasteiger partial charge in [0.2, 0.25) is 10.0 Å². The van der Waals surface area contributed by atoms with Crippen molar-refractivity contribution in [3.63, 3.8) is 0 Å². The fourth-order valence-corrected chi connectivity index (χ4v) is 2.60. The topological polar surface area (TPSA) is 87.3 Å². The Balaban J connectivity index is 1.78. The van der Waals surface area contributed by atoms with E-state index in [1.54, 1.807) is 0 Å². The van der Waals surface area contributed by atoms with Crippen LogP contribution in [0.5, 0.6) is 0 Å². The second kappa shape index (κ2) is 6.34. The predicted octanol–water partition coefficient (Wildman–Crippen LogP) is -0.0411. The molecule has 0 aliphatic carbocycles. The van der Waals surface area contributed by atoms with Crippen molar-refractivity contribution in [3.8, 4) is 0 Å². The zero-order valence-corrected chi connectivity index (χ0v) is 12.2. The lowest BCUT2D eigenvalue weighted by atomic mass is 10.1. The van der Waals surface area contributed by atoms with Gasteiger partial charge in [-0.25, -0.2) is 13.1 Å². The maximum atomic E-state index is 11.9. The number of hydrogen-bond donors (Lipinski definition) is 3. The molecular weight excluding hydrogens is 278 g/mol. The Morgan fingerprint density at radius 3 is 2.75 bits per heavy atom. The monoisotopic (exact) mass is 297 g/mol. The third-order valence-corrected chi connectivity index (χ3v) is 3.83. The summed E-state index contributed by atoms with van der Waals surface area (Å²) in [5.74, 6) is -0.126. The molecule has 20 heavy (non-hydrogen) atoms. The first-order chi connectivity index (χ1) is 9.46. The second-order valence-corrected chi connectivity index (χ2v) is 6.70. The summed E-state index contributed by atoms with van der Waals surface area (Å²) in [4.78, 5) is 11.9. The van der Waals surface area contributed by atoms with Crippen molar-refractivity contribution in [2.24, 2.45) is 0 Å². The number of carbonyl (C=O) groups excluding carboxylic acids is 1. The minimum Gasteiger partial charge on any atom is -0.352 e. The first-order valence-electron chi connectivity index (χ1n) is 6.51. The number of benzene rings is 1. The quantitative estimate of drug-likeness (QED) is 0.643. The fourth-order valence-electron chi connectivity index (χ4n) is 2.09. The van der Waals surface area contributed by atoms with Crippen LogP contribution in [0.2, 0.25) is 0 Å². The SMILES string of the molecule is CS(=O)(=O)NCCCNC(=O)c1ccc2c(c1)CNC2. The Morgan fingerprint density at radius 2 is 2.00 bits per heavy atom. The highest BCUT2D eigenvalue weighted by Gasteiger charge is 2.13. The summed E-state index contributed by atoms with van der Waals surface area (Å²) >= 11 is 0. The van der Waals surface area contributed by atoms with Gasteiger partial charge in [0.15, 0.2) is 0 Å². The zero-order valence-electron chi connectivity index (χ0n) is 11.4. The van der Waals surface area contributed by atoms with Crippen molar-refractivity contribution in [3.05, 3.63) is 34.9 Å². The van der Waals surface area contributed by atoms with Crippen molar-refractivity contribution in [2.45, 2.75) is 19.5 Å². The van der Waals surface area contributed by atoms with Crippen molar-refractivity contribution in [2.75, 3.05) is 19.3 Å². The third kappa shape index (κ3) is 4.29. The molecular formula is C13H19N3O3S. The van der Waals surface area contributed by atoms with Crippen molar-refractivity contribution in [1.29, 1.82) is 0 Å². The van der Waals surface area contributed by atoms with Crippen LogP contribution in [-0.2, 0) is 23.1 Å². The van der Waals surface area contributed by atoms with Gasteiger partial charge in [-0.05, 0) is 29.7 Å². The molecule has 1 heterocycles. The molecule has 0 aromatic heterocycles. The summed E-state index contributed by atoms with van der Waals surface area (Å²) in [5.41, 5.74) is 3.04. The number of hydrogen-bond acceptors (Lipinski definition) is 4. The standard InChI is InChI=1S/C13H19N3O3S/c1-20(18,19)16-6-2-5-15-13(17)10-3-4-11-8-14-9-12(11)7-10/h3-4,7,14,16H,2,5-6,8-9H2,1H3,(H,15,17). The van der Waals surface area contributed by atoms with Crippen LogP contribution in [0.3, 0.4) is 0 Å². The number of carbonyl (C=O) groups is 1. The molecule has 1 aromatic rings. The zero-order chi connectivity index (χ0) is 14.6. The van der Waals surface area contributed by atoms with Gasteiger partial charge in [-0.15, -0.1) is 0 Å². The van der Waals surface area contributed by atoms with Gasteiger partial charge < -0.3 is 10.6 Å². The molecule has 110 valence electrons. The van der Waals surface area contributed by atoms with E-state index in [1.165, 1.54) is 5.56 Å². The summed E-state index contributed by atoms with van der Waals surface area (Å²) in [6.07, 6.45) is 1.68. The van der Waals surface area contributed by atoms with Crippen molar-refractivity contribution in [1.82, 2.24) is 15.4 Å². The largest absolute Gasteiger partial charge is 0.352 e. The number of fused-ring (bicyclic) bond motifs is 1. The van der Waals surface area contributed by atoms with Gasteiger partial charge in [-0.2, -0.15) is 0 Å². The average Bonchev–Trinajstić information content (AvgIpc) is 2.83. The molecule has 0 radical (unpaired) electrons. The van der Waals surface area contributed by atoms with Crippen LogP contribution >= 0.6 is 0 Å². The predicted molar refractivity (Wildman–Crippen MR) is 76.8 cm³/mol. The molecule has 0 unspecified atom stereocenters. The molecule has 3 N–H and O–H groups in total. The Hall–Kier alpha value is -1.44. The molecule has 0 bridgehead atoms. The lowest BCUT2D eigenvalue weighted by Gasteiger charge is -2.07. The number of rotatable bonds is 6. The van der Waals surface area contributed by atoms with E-state index in [-0.39, 0.29) is 5.91 Å². The van der Waals surface area contributed by atoms with E-state index in [2.05, 4.69) is 15.4 Å². The van der Waals surface area contributed by atoms with Crippen LogP contribution in [-0.4, -0.2) is 33.7 Å². The summed E-state index contributed by atoms with van der Waals surface area (Å²) in [6.45, 7) is 2.42. The minimum absolute atomic E-state index is 0.126. The van der Waals surface area contributed by atoms with E-state index < -0.39 is 10.0 Å². The van der Waals surface area contributed by atoms with Crippen molar-refractivity contribution < 1.29 is 13.2 Å². The van der Waals surface area contributed by atoms with E-state index in [4.69, 9.17) is 0 Å². The molecule has 6 nitrogen and oxygen atoms in total. The van der Waals surface area contributed by atoms with Gasteiger partial charge in [-0.1, -0.05) is 6.07 Å². The Morgan fingerprint density at radius 1 is 1.25 bits per heavy atom. The fraction of sp³-hybridized carbons (Fsp3) is 0.462. The molecule has 0 spiro atoms. The molecule has 1 aliphatic rings. The van der Waals surface area contributed by atoms with E-state index in [0.29, 0.717) is 25.1 Å². The van der Waals surface area contributed by atoms with Gasteiger partial charge in [-0.3, -0.25) is 4.79 Å². The van der Waals surface area contributed by atoms with E-state index >= 15 is 0 Å². The summed E-state index contributed by atoms with van der Waals surface area (Å²) < 4.78 is 24.1. The van der Waals surface area contributed by atoms with Crippen LogP contribution < -0.4 is 15.4 Å². The number of sulfonamides is 1. The maximum absolute atomic E-state index is 11.9. The Labute approximate surface area is 119 Å². The van der Waals surface area contributed by atoms with Gasteiger partial charge in [0.05, 0.1) is 6.26 Å². The summed E-state index contributed by atoms with van der Waals surface area (Å²) in [5, 5.41) is 6.01. The average molecular weight is 297 g/mol. The third-order valence-electron chi connectivity index (χ3n) is 3.10. The summed E-state index contributed by atoms with van der Waals surface area (Å²) in [6, 6.07) is 5.69. The van der Waals surface area contributed by atoms with Crippen LogP contribution in [0.1, 0.15) is 27.9 Å². The molecule has 1 amide bonds. The van der Waals surface area contributed by atoms with Gasteiger partial charge in [0, 0.05) is 31.7 Å². The smallest absolute Gasteiger partial charge is 0.251 e. The first-order valence-corrected chi connectivity index (χ1v) is 8.40. The molecule has 0 saturated heterocycles. The van der Waals surface area contributed by atoms with E-state index in [0.717, 1.165) is 24.9 Å². The van der Waals surface area contributed by atoms with Crippen LogP contribution in [0.25, 0.3) is 0 Å². The van der Waals surface area contributed by atoms with E-state index in [1.807, 2.05) is 18.2 Å².